The first-order valence-corrected chi connectivity index (χ1v) is 10.8. The van der Waals surface area contributed by atoms with Crippen LogP contribution in [-0.4, -0.2) is 36.4 Å². The third-order valence-electron chi connectivity index (χ3n) is 4.54. The van der Waals surface area contributed by atoms with Gasteiger partial charge < -0.3 is 19.3 Å². The van der Waals surface area contributed by atoms with Crippen molar-refractivity contribution in [3.05, 3.63) is 83.4 Å². The minimum Gasteiger partial charge on any atom is -0.508 e. The summed E-state index contributed by atoms with van der Waals surface area (Å²) in [6.45, 7) is 4.82. The van der Waals surface area contributed by atoms with E-state index < -0.39 is 11.9 Å². The number of esters is 1. The van der Waals surface area contributed by atoms with Crippen molar-refractivity contribution in [1.29, 1.82) is 0 Å². The molecular formula is C26H26N2O6. The molecule has 3 aromatic carbocycles. The van der Waals surface area contributed by atoms with E-state index in [1.165, 1.54) is 30.5 Å². The van der Waals surface area contributed by atoms with E-state index in [0.717, 1.165) is 6.42 Å². The average Bonchev–Trinajstić information content (AvgIpc) is 2.85. The minimum atomic E-state index is -0.523. The van der Waals surface area contributed by atoms with Crippen molar-refractivity contribution in [2.45, 2.75) is 20.3 Å². The Labute approximate surface area is 197 Å². The molecule has 0 saturated carbocycles. The average molecular weight is 463 g/mol. The highest BCUT2D eigenvalue weighted by atomic mass is 16.6. The molecule has 0 aliphatic carbocycles. The molecule has 3 rings (SSSR count). The van der Waals surface area contributed by atoms with Crippen LogP contribution in [-0.2, 0) is 0 Å². The Morgan fingerprint density at radius 3 is 2.29 bits per heavy atom. The van der Waals surface area contributed by atoms with Crippen molar-refractivity contribution in [2.24, 2.45) is 5.10 Å². The van der Waals surface area contributed by atoms with Crippen LogP contribution < -0.4 is 19.6 Å². The van der Waals surface area contributed by atoms with Crippen LogP contribution in [0.5, 0.6) is 23.0 Å². The van der Waals surface area contributed by atoms with Gasteiger partial charge in [-0.05, 0) is 85.6 Å². The van der Waals surface area contributed by atoms with E-state index in [1.807, 2.05) is 13.8 Å². The first kappa shape index (κ1) is 24.3. The Morgan fingerprint density at radius 1 is 0.912 bits per heavy atom. The van der Waals surface area contributed by atoms with Crippen molar-refractivity contribution in [1.82, 2.24) is 5.43 Å². The molecule has 0 saturated heterocycles. The predicted molar refractivity (Wildman–Crippen MR) is 128 cm³/mol. The number of hydrogen-bond acceptors (Lipinski definition) is 7. The van der Waals surface area contributed by atoms with Crippen molar-refractivity contribution in [3.63, 3.8) is 0 Å². The van der Waals surface area contributed by atoms with E-state index in [2.05, 4.69) is 10.5 Å². The van der Waals surface area contributed by atoms with Gasteiger partial charge >= 0.3 is 5.97 Å². The SMILES string of the molecule is CCCOc1ccc(C(=O)Oc2ccc(/C=N/NC(=O)c3ccc(O)cc3)cc2OCC)cc1. The molecule has 8 heteroatoms. The zero-order chi connectivity index (χ0) is 24.3. The standard InChI is InChI=1S/C26H26N2O6/c1-3-15-33-22-12-8-20(9-13-22)26(31)34-23-14-5-18(16-24(23)32-4-2)17-27-28-25(30)19-6-10-21(29)11-7-19/h5-14,16-17,29H,3-4,15H2,1-2H3,(H,28,30)/b27-17+. The van der Waals surface area contributed by atoms with Crippen molar-refractivity contribution < 1.29 is 28.9 Å². The van der Waals surface area contributed by atoms with Crippen LogP contribution in [0, 0.1) is 0 Å². The summed E-state index contributed by atoms with van der Waals surface area (Å²) >= 11 is 0. The van der Waals surface area contributed by atoms with Gasteiger partial charge in [-0.2, -0.15) is 5.10 Å². The van der Waals surface area contributed by atoms with Crippen LogP contribution in [0.2, 0.25) is 0 Å². The van der Waals surface area contributed by atoms with Gasteiger partial charge in [0.1, 0.15) is 11.5 Å². The van der Waals surface area contributed by atoms with E-state index in [-0.39, 0.29) is 11.5 Å². The first-order valence-electron chi connectivity index (χ1n) is 10.8. The van der Waals surface area contributed by atoms with Gasteiger partial charge in [0, 0.05) is 5.56 Å². The fraction of sp³-hybridized carbons (Fsp3) is 0.192. The highest BCUT2D eigenvalue weighted by Gasteiger charge is 2.13. The van der Waals surface area contributed by atoms with E-state index in [0.29, 0.717) is 41.4 Å². The van der Waals surface area contributed by atoms with Gasteiger partial charge in [-0.1, -0.05) is 6.92 Å². The van der Waals surface area contributed by atoms with Crippen molar-refractivity contribution >= 4 is 18.1 Å². The van der Waals surface area contributed by atoms with Gasteiger partial charge in [0.15, 0.2) is 11.5 Å². The summed E-state index contributed by atoms with van der Waals surface area (Å²) in [6, 6.07) is 17.5. The second-order valence-electron chi connectivity index (χ2n) is 7.15. The second-order valence-corrected chi connectivity index (χ2v) is 7.15. The van der Waals surface area contributed by atoms with Gasteiger partial charge in [-0.25, -0.2) is 10.2 Å². The summed E-state index contributed by atoms with van der Waals surface area (Å²) < 4.78 is 16.7. The fourth-order valence-corrected chi connectivity index (χ4v) is 2.87. The Bertz CT molecular complexity index is 1140. The zero-order valence-corrected chi connectivity index (χ0v) is 19.0. The van der Waals surface area contributed by atoms with Gasteiger partial charge in [0.2, 0.25) is 0 Å². The molecule has 0 fully saturated rings. The molecule has 0 radical (unpaired) electrons. The van der Waals surface area contributed by atoms with Crippen LogP contribution in [0.25, 0.3) is 0 Å². The first-order chi connectivity index (χ1) is 16.5. The maximum atomic E-state index is 12.6. The molecule has 0 heterocycles. The summed E-state index contributed by atoms with van der Waals surface area (Å²) in [4.78, 5) is 24.7. The lowest BCUT2D eigenvalue weighted by atomic mass is 10.2. The Hall–Kier alpha value is -4.33. The second kappa shape index (κ2) is 12.1. The molecule has 0 spiro atoms. The van der Waals surface area contributed by atoms with Crippen LogP contribution in [0.4, 0.5) is 0 Å². The third-order valence-corrected chi connectivity index (χ3v) is 4.54. The minimum absolute atomic E-state index is 0.0716. The molecule has 176 valence electrons. The number of phenols is 1. The maximum Gasteiger partial charge on any atom is 0.343 e. The third kappa shape index (κ3) is 6.83. The molecule has 34 heavy (non-hydrogen) atoms. The van der Waals surface area contributed by atoms with E-state index in [1.54, 1.807) is 42.5 Å². The lowest BCUT2D eigenvalue weighted by Gasteiger charge is -2.12. The summed E-state index contributed by atoms with van der Waals surface area (Å²) in [7, 11) is 0. The van der Waals surface area contributed by atoms with Gasteiger partial charge in [-0.3, -0.25) is 4.79 Å². The Balaban J connectivity index is 1.66. The number of hydrazone groups is 1. The lowest BCUT2D eigenvalue weighted by molar-refractivity contribution is 0.0728. The Kier molecular flexibility index (Phi) is 8.62. The number of ether oxygens (including phenoxy) is 3. The molecule has 0 unspecified atom stereocenters. The number of nitrogens with zero attached hydrogens (tertiary/aromatic N) is 1. The summed E-state index contributed by atoms with van der Waals surface area (Å²) in [5.74, 6) is 0.455. The molecule has 2 N–H and O–H groups in total. The monoisotopic (exact) mass is 462 g/mol. The Morgan fingerprint density at radius 2 is 1.62 bits per heavy atom. The van der Waals surface area contributed by atoms with Gasteiger partial charge in [0.25, 0.3) is 5.91 Å². The smallest absolute Gasteiger partial charge is 0.343 e. The highest BCUT2D eigenvalue weighted by Crippen LogP contribution is 2.29. The van der Waals surface area contributed by atoms with Gasteiger partial charge in [0.05, 0.1) is 25.0 Å². The summed E-state index contributed by atoms with van der Waals surface area (Å²) in [6.07, 6.45) is 2.34. The van der Waals surface area contributed by atoms with E-state index >= 15 is 0 Å². The van der Waals surface area contributed by atoms with Crippen LogP contribution in [0.1, 0.15) is 46.5 Å². The lowest BCUT2D eigenvalue weighted by Crippen LogP contribution is -2.17. The molecule has 0 bridgehead atoms. The number of amides is 1. The largest absolute Gasteiger partial charge is 0.508 e. The predicted octanol–water partition coefficient (Wildman–Crippen LogP) is 4.56. The van der Waals surface area contributed by atoms with E-state index in [4.69, 9.17) is 14.2 Å². The number of aromatic hydroxyl groups is 1. The number of benzene rings is 3. The van der Waals surface area contributed by atoms with Crippen LogP contribution in [0.3, 0.4) is 0 Å². The summed E-state index contributed by atoms with van der Waals surface area (Å²) in [5.41, 5.74) is 3.79. The van der Waals surface area contributed by atoms with E-state index in [9.17, 15) is 14.7 Å². The number of carbonyl (C=O) groups excluding carboxylic acids is 2. The van der Waals surface area contributed by atoms with Crippen LogP contribution >= 0.6 is 0 Å². The van der Waals surface area contributed by atoms with Gasteiger partial charge in [-0.15, -0.1) is 0 Å². The fourth-order valence-electron chi connectivity index (χ4n) is 2.87. The van der Waals surface area contributed by atoms with Crippen LogP contribution in [0.15, 0.2) is 71.8 Å². The maximum absolute atomic E-state index is 12.6. The zero-order valence-electron chi connectivity index (χ0n) is 19.0. The quantitative estimate of drug-likeness (QED) is 0.198. The normalized spacial score (nSPS) is 10.6. The summed E-state index contributed by atoms with van der Waals surface area (Å²) in [5, 5.41) is 13.3. The number of nitrogens with one attached hydrogen (secondary N) is 1. The molecule has 0 aliphatic heterocycles. The number of rotatable bonds is 10. The number of carbonyl (C=O) groups is 2. The molecule has 0 aromatic heterocycles. The molecule has 1 amide bonds. The van der Waals surface area contributed by atoms with Crippen molar-refractivity contribution in [3.8, 4) is 23.0 Å². The molecular weight excluding hydrogens is 436 g/mol. The highest BCUT2D eigenvalue weighted by molar-refractivity contribution is 5.95. The number of hydrogen-bond donors (Lipinski definition) is 2. The molecule has 0 atom stereocenters. The topological polar surface area (TPSA) is 106 Å². The molecule has 8 nitrogen and oxygen atoms in total. The molecule has 0 aliphatic rings. The number of phenolic OH excluding ortho intramolecular Hbond substituents is 1. The molecule has 3 aromatic rings. The van der Waals surface area contributed by atoms with Crippen molar-refractivity contribution in [2.75, 3.05) is 13.2 Å².